The molecule has 0 bridgehead atoms. The first-order valence-corrected chi connectivity index (χ1v) is 4.44. The summed E-state index contributed by atoms with van der Waals surface area (Å²) in [5, 5.41) is 3.23. The zero-order valence-electron chi connectivity index (χ0n) is 7.20. The van der Waals surface area contributed by atoms with Crippen molar-refractivity contribution in [2.24, 2.45) is 10.7 Å². The maximum atomic E-state index is 10.9. The van der Waals surface area contributed by atoms with Crippen LogP contribution in [0.25, 0.3) is 0 Å². The quantitative estimate of drug-likeness (QED) is 0.735. The van der Waals surface area contributed by atoms with Gasteiger partial charge in [-0.15, -0.1) is 0 Å². The number of amides is 2. The third kappa shape index (κ3) is 1.56. The molecule has 1 heterocycles. The summed E-state index contributed by atoms with van der Waals surface area (Å²) in [4.78, 5) is 14.5. The fraction of sp³-hybridized carbons (Fsp3) is 0.111. The number of carbonyl (C=O) groups is 1. The lowest BCUT2D eigenvalue weighted by atomic mass is 10.1. The highest BCUT2D eigenvalue weighted by atomic mass is 35.5. The second-order valence-electron chi connectivity index (χ2n) is 2.97. The minimum Gasteiger partial charge on any atom is -0.385 e. The van der Waals surface area contributed by atoms with Gasteiger partial charge in [0, 0.05) is 5.02 Å². The lowest BCUT2D eigenvalue weighted by Crippen LogP contribution is -2.27. The molecule has 1 aliphatic rings. The Balaban J connectivity index is 2.33. The van der Waals surface area contributed by atoms with Crippen LogP contribution in [-0.4, -0.2) is 11.9 Å². The largest absolute Gasteiger partial charge is 0.385 e. The number of halogens is 1. The Labute approximate surface area is 85.8 Å². The summed E-state index contributed by atoms with van der Waals surface area (Å²) in [6, 6.07) is 6.39. The van der Waals surface area contributed by atoms with Gasteiger partial charge in [-0.25, -0.2) is 4.79 Å². The van der Waals surface area contributed by atoms with Gasteiger partial charge in [0.25, 0.3) is 0 Å². The van der Waals surface area contributed by atoms with Crippen LogP contribution in [0.1, 0.15) is 11.6 Å². The van der Waals surface area contributed by atoms with Crippen molar-refractivity contribution in [2.75, 3.05) is 0 Å². The Morgan fingerprint density at radius 1 is 1.50 bits per heavy atom. The molecule has 0 fully saturated rings. The number of benzene rings is 1. The molecule has 2 rings (SSSR count). The molecule has 3 N–H and O–H groups in total. The molecule has 14 heavy (non-hydrogen) atoms. The molecule has 0 saturated carbocycles. The van der Waals surface area contributed by atoms with Crippen molar-refractivity contribution in [1.29, 1.82) is 0 Å². The third-order valence-corrected chi connectivity index (χ3v) is 2.21. The molecule has 1 aromatic rings. The van der Waals surface area contributed by atoms with Gasteiger partial charge < -0.3 is 11.1 Å². The van der Waals surface area contributed by atoms with E-state index in [4.69, 9.17) is 17.3 Å². The van der Waals surface area contributed by atoms with Gasteiger partial charge in [-0.2, -0.15) is 4.99 Å². The molecule has 1 atom stereocenters. The Morgan fingerprint density at radius 2 is 2.29 bits per heavy atom. The van der Waals surface area contributed by atoms with Gasteiger partial charge in [0.05, 0.1) is 0 Å². The van der Waals surface area contributed by atoms with Gasteiger partial charge in [0.15, 0.2) is 0 Å². The summed E-state index contributed by atoms with van der Waals surface area (Å²) >= 11 is 5.81. The first kappa shape index (κ1) is 9.02. The number of nitrogens with zero attached hydrogens (tertiary/aromatic N) is 1. The SMILES string of the molecule is NC1=NC(=O)NC1c1cccc(Cl)c1. The highest BCUT2D eigenvalue weighted by Gasteiger charge is 2.24. The number of hydrogen-bond donors (Lipinski definition) is 2. The van der Waals surface area contributed by atoms with E-state index in [2.05, 4.69) is 10.3 Å². The summed E-state index contributed by atoms with van der Waals surface area (Å²) in [5.74, 6) is 0.275. The Kier molecular flexibility index (Phi) is 2.13. The Morgan fingerprint density at radius 3 is 2.86 bits per heavy atom. The molecular weight excluding hydrogens is 202 g/mol. The minimum atomic E-state index is -0.410. The first-order chi connectivity index (χ1) is 6.66. The zero-order chi connectivity index (χ0) is 10.1. The Bertz CT molecular complexity index is 416. The second kappa shape index (κ2) is 3.31. The Hall–Kier alpha value is -1.55. The molecule has 1 aliphatic heterocycles. The van der Waals surface area contributed by atoms with Crippen molar-refractivity contribution in [3.63, 3.8) is 0 Å². The molecule has 72 valence electrons. The molecular formula is C9H8ClN3O. The van der Waals surface area contributed by atoms with Crippen LogP contribution in [0, 0.1) is 0 Å². The normalized spacial score (nSPS) is 20.5. The van der Waals surface area contributed by atoms with Crippen molar-refractivity contribution >= 4 is 23.5 Å². The van der Waals surface area contributed by atoms with Crippen LogP contribution in [0.15, 0.2) is 29.3 Å². The predicted molar refractivity (Wildman–Crippen MR) is 54.3 cm³/mol. The molecule has 0 aromatic heterocycles. The van der Waals surface area contributed by atoms with Crippen molar-refractivity contribution in [3.8, 4) is 0 Å². The minimum absolute atomic E-state index is 0.275. The van der Waals surface area contributed by atoms with Crippen LogP contribution in [0.2, 0.25) is 5.02 Å². The average Bonchev–Trinajstić information content (AvgIpc) is 2.45. The number of urea groups is 1. The molecule has 5 heteroatoms. The van der Waals surface area contributed by atoms with Gasteiger partial charge in [-0.1, -0.05) is 23.7 Å². The van der Waals surface area contributed by atoms with E-state index >= 15 is 0 Å². The van der Waals surface area contributed by atoms with Gasteiger partial charge in [-0.05, 0) is 17.7 Å². The van der Waals surface area contributed by atoms with Gasteiger partial charge in [0.2, 0.25) is 0 Å². The van der Waals surface area contributed by atoms with Crippen LogP contribution < -0.4 is 11.1 Å². The molecule has 4 nitrogen and oxygen atoms in total. The van der Waals surface area contributed by atoms with E-state index in [1.54, 1.807) is 18.2 Å². The van der Waals surface area contributed by atoms with Crippen molar-refractivity contribution in [2.45, 2.75) is 6.04 Å². The summed E-state index contributed by atoms with van der Waals surface area (Å²) in [6.45, 7) is 0. The van der Waals surface area contributed by atoms with E-state index in [1.165, 1.54) is 0 Å². The van der Waals surface area contributed by atoms with Gasteiger partial charge >= 0.3 is 6.03 Å². The summed E-state index contributed by atoms with van der Waals surface area (Å²) < 4.78 is 0. The van der Waals surface area contributed by atoms with Crippen LogP contribution in [0.4, 0.5) is 4.79 Å². The zero-order valence-corrected chi connectivity index (χ0v) is 7.95. The first-order valence-electron chi connectivity index (χ1n) is 4.07. The predicted octanol–water partition coefficient (Wildman–Crippen LogP) is 1.46. The highest BCUT2D eigenvalue weighted by Crippen LogP contribution is 2.20. The van der Waals surface area contributed by atoms with E-state index < -0.39 is 6.03 Å². The molecule has 1 unspecified atom stereocenters. The van der Waals surface area contributed by atoms with Gasteiger partial charge in [-0.3, -0.25) is 0 Å². The molecule has 0 saturated heterocycles. The smallest absolute Gasteiger partial charge is 0.343 e. The van der Waals surface area contributed by atoms with E-state index in [0.29, 0.717) is 5.02 Å². The molecule has 0 aliphatic carbocycles. The van der Waals surface area contributed by atoms with E-state index in [-0.39, 0.29) is 11.9 Å². The van der Waals surface area contributed by atoms with E-state index in [0.717, 1.165) is 5.56 Å². The number of amidine groups is 1. The van der Waals surface area contributed by atoms with Crippen LogP contribution >= 0.6 is 11.6 Å². The molecule has 1 aromatic carbocycles. The number of nitrogens with two attached hydrogens (primary N) is 1. The fourth-order valence-corrected chi connectivity index (χ4v) is 1.55. The van der Waals surface area contributed by atoms with Crippen molar-refractivity contribution < 1.29 is 4.79 Å². The number of rotatable bonds is 1. The van der Waals surface area contributed by atoms with Crippen molar-refractivity contribution in [1.82, 2.24) is 5.32 Å². The number of aliphatic imine (C=N–C) groups is 1. The van der Waals surface area contributed by atoms with E-state index in [9.17, 15) is 4.79 Å². The monoisotopic (exact) mass is 209 g/mol. The average molecular weight is 210 g/mol. The maximum absolute atomic E-state index is 10.9. The lowest BCUT2D eigenvalue weighted by Gasteiger charge is -2.10. The highest BCUT2D eigenvalue weighted by molar-refractivity contribution is 6.30. The van der Waals surface area contributed by atoms with Crippen LogP contribution in [0.3, 0.4) is 0 Å². The van der Waals surface area contributed by atoms with Crippen molar-refractivity contribution in [3.05, 3.63) is 34.9 Å². The topological polar surface area (TPSA) is 67.5 Å². The van der Waals surface area contributed by atoms with Gasteiger partial charge in [0.1, 0.15) is 11.9 Å². The van der Waals surface area contributed by atoms with E-state index in [1.807, 2.05) is 6.07 Å². The van der Waals surface area contributed by atoms with Crippen LogP contribution in [0.5, 0.6) is 0 Å². The lowest BCUT2D eigenvalue weighted by molar-refractivity contribution is 0.250. The number of hydrogen-bond acceptors (Lipinski definition) is 2. The molecule has 2 amide bonds. The molecule has 0 spiro atoms. The van der Waals surface area contributed by atoms with Crippen LogP contribution in [-0.2, 0) is 0 Å². The maximum Gasteiger partial charge on any atom is 0.343 e. The number of carbonyl (C=O) groups excluding carboxylic acids is 1. The molecule has 0 radical (unpaired) electrons. The third-order valence-electron chi connectivity index (χ3n) is 1.98. The number of nitrogens with one attached hydrogen (secondary N) is 1. The summed E-state index contributed by atoms with van der Waals surface area (Å²) in [7, 11) is 0. The second-order valence-corrected chi connectivity index (χ2v) is 3.41. The summed E-state index contributed by atoms with van der Waals surface area (Å²) in [5.41, 5.74) is 6.41. The standard InChI is InChI=1S/C9H8ClN3O/c10-6-3-1-2-5(4-6)7-8(11)13-9(14)12-7/h1-4,7H,(H3,11,12,13,14). The fourth-order valence-electron chi connectivity index (χ4n) is 1.35. The summed E-state index contributed by atoms with van der Waals surface area (Å²) in [6.07, 6.45) is 0.